The molecule has 1 N–H and O–H groups in total. The normalized spacial score (nSPS) is 28.4. The molecule has 4 nitrogen and oxygen atoms in total. The molecule has 2 rings (SSSR count). The first-order chi connectivity index (χ1) is 6.70. The number of allylic oxidation sites excluding steroid dienone is 1. The van der Waals surface area contributed by atoms with Gasteiger partial charge in [0.1, 0.15) is 11.8 Å². The zero-order chi connectivity index (χ0) is 10.1. The predicted octanol–water partition coefficient (Wildman–Crippen LogP) is 0.708. The SMILES string of the molecule is CCOC(=O)C1=C[C@@H]2OC(C)=C[C@H]2N1. The molecule has 2 aliphatic heterocycles. The maximum absolute atomic E-state index is 11.3. The van der Waals surface area contributed by atoms with Gasteiger partial charge in [0.25, 0.3) is 0 Å². The number of nitrogens with one attached hydrogen (secondary N) is 1. The second kappa shape index (κ2) is 3.36. The van der Waals surface area contributed by atoms with E-state index in [2.05, 4.69) is 5.32 Å². The fourth-order valence-electron chi connectivity index (χ4n) is 1.66. The summed E-state index contributed by atoms with van der Waals surface area (Å²) in [4.78, 5) is 11.3. The Morgan fingerprint density at radius 3 is 3.07 bits per heavy atom. The number of hydrogen-bond donors (Lipinski definition) is 1. The van der Waals surface area contributed by atoms with Crippen molar-refractivity contribution in [3.05, 3.63) is 23.6 Å². The van der Waals surface area contributed by atoms with E-state index in [0.29, 0.717) is 12.3 Å². The first-order valence-electron chi connectivity index (χ1n) is 4.71. The smallest absolute Gasteiger partial charge is 0.354 e. The van der Waals surface area contributed by atoms with Crippen molar-refractivity contribution in [2.45, 2.75) is 26.0 Å². The van der Waals surface area contributed by atoms with E-state index in [4.69, 9.17) is 9.47 Å². The molecular formula is C10H13NO3. The summed E-state index contributed by atoms with van der Waals surface area (Å²) in [5, 5.41) is 3.05. The van der Waals surface area contributed by atoms with E-state index in [9.17, 15) is 4.79 Å². The molecule has 0 saturated carbocycles. The van der Waals surface area contributed by atoms with Crippen LogP contribution in [0.1, 0.15) is 13.8 Å². The number of fused-ring (bicyclic) bond motifs is 1. The van der Waals surface area contributed by atoms with Gasteiger partial charge in [-0.3, -0.25) is 0 Å². The Hall–Kier alpha value is -1.45. The molecule has 14 heavy (non-hydrogen) atoms. The summed E-state index contributed by atoms with van der Waals surface area (Å²) in [5.41, 5.74) is 0.505. The van der Waals surface area contributed by atoms with Crippen LogP contribution in [0, 0.1) is 0 Å². The van der Waals surface area contributed by atoms with Crippen LogP contribution in [0.3, 0.4) is 0 Å². The van der Waals surface area contributed by atoms with Crippen molar-refractivity contribution >= 4 is 5.97 Å². The van der Waals surface area contributed by atoms with Gasteiger partial charge in [0.15, 0.2) is 0 Å². The lowest BCUT2D eigenvalue weighted by molar-refractivity contribution is -0.138. The molecule has 0 bridgehead atoms. The van der Waals surface area contributed by atoms with Gasteiger partial charge in [-0.2, -0.15) is 0 Å². The first-order valence-corrected chi connectivity index (χ1v) is 4.71. The molecule has 0 aliphatic carbocycles. The first kappa shape index (κ1) is 9.12. The third-order valence-corrected chi connectivity index (χ3v) is 2.24. The minimum Gasteiger partial charge on any atom is -0.489 e. The van der Waals surface area contributed by atoms with Crippen LogP contribution in [-0.4, -0.2) is 24.7 Å². The summed E-state index contributed by atoms with van der Waals surface area (Å²) >= 11 is 0. The average molecular weight is 195 g/mol. The van der Waals surface area contributed by atoms with Crippen molar-refractivity contribution < 1.29 is 14.3 Å². The number of rotatable bonds is 2. The molecule has 0 radical (unpaired) electrons. The summed E-state index contributed by atoms with van der Waals surface area (Å²) in [6, 6.07) is 0.0920. The van der Waals surface area contributed by atoms with Crippen LogP contribution in [0.15, 0.2) is 23.6 Å². The Morgan fingerprint density at radius 1 is 1.64 bits per heavy atom. The topological polar surface area (TPSA) is 47.6 Å². The van der Waals surface area contributed by atoms with E-state index in [1.165, 1.54) is 0 Å². The van der Waals surface area contributed by atoms with Gasteiger partial charge in [-0.05, 0) is 26.0 Å². The van der Waals surface area contributed by atoms with Crippen LogP contribution < -0.4 is 5.32 Å². The molecule has 0 amide bonds. The van der Waals surface area contributed by atoms with Crippen molar-refractivity contribution in [2.75, 3.05) is 6.61 Å². The number of ether oxygens (including phenoxy) is 2. The second-order valence-corrected chi connectivity index (χ2v) is 3.33. The van der Waals surface area contributed by atoms with Crippen molar-refractivity contribution in [3.63, 3.8) is 0 Å². The molecule has 2 aliphatic rings. The lowest BCUT2D eigenvalue weighted by Gasteiger charge is -2.08. The summed E-state index contributed by atoms with van der Waals surface area (Å²) in [5.74, 6) is 0.586. The predicted molar refractivity (Wildman–Crippen MR) is 50.3 cm³/mol. The van der Waals surface area contributed by atoms with E-state index >= 15 is 0 Å². The van der Waals surface area contributed by atoms with Gasteiger partial charge >= 0.3 is 5.97 Å². The monoisotopic (exact) mass is 195 g/mol. The standard InChI is InChI=1S/C10H13NO3/c1-3-13-10(12)8-5-9-7(11-8)4-6(2)14-9/h4-5,7,9,11H,3H2,1-2H3/t7-,9+/m1/s1. The van der Waals surface area contributed by atoms with E-state index in [1.54, 1.807) is 13.0 Å². The van der Waals surface area contributed by atoms with E-state index < -0.39 is 0 Å². The Bertz CT molecular complexity index is 319. The molecule has 2 heterocycles. The number of carbonyl (C=O) groups is 1. The average Bonchev–Trinajstić information content (AvgIpc) is 2.61. The molecule has 2 atom stereocenters. The maximum atomic E-state index is 11.3. The van der Waals surface area contributed by atoms with Crippen LogP contribution >= 0.6 is 0 Å². The minimum absolute atomic E-state index is 0.0468. The van der Waals surface area contributed by atoms with Crippen molar-refractivity contribution in [2.24, 2.45) is 0 Å². The molecule has 0 aromatic carbocycles. The van der Waals surface area contributed by atoms with Crippen LogP contribution in [0.5, 0.6) is 0 Å². The summed E-state index contributed by atoms with van der Waals surface area (Å²) in [7, 11) is 0. The maximum Gasteiger partial charge on any atom is 0.354 e. The minimum atomic E-state index is -0.309. The fourth-order valence-corrected chi connectivity index (χ4v) is 1.66. The molecule has 0 fully saturated rings. The highest BCUT2D eigenvalue weighted by Crippen LogP contribution is 2.24. The van der Waals surface area contributed by atoms with E-state index in [0.717, 1.165) is 5.76 Å². The van der Waals surface area contributed by atoms with Gasteiger partial charge in [-0.1, -0.05) is 0 Å². The van der Waals surface area contributed by atoms with Crippen LogP contribution in [0.4, 0.5) is 0 Å². The van der Waals surface area contributed by atoms with Gasteiger partial charge in [-0.15, -0.1) is 0 Å². The number of hydrogen-bond acceptors (Lipinski definition) is 4. The number of esters is 1. The van der Waals surface area contributed by atoms with E-state index in [-0.39, 0.29) is 18.1 Å². The van der Waals surface area contributed by atoms with Gasteiger partial charge < -0.3 is 14.8 Å². The third-order valence-electron chi connectivity index (χ3n) is 2.24. The summed E-state index contributed by atoms with van der Waals surface area (Å²) < 4.78 is 10.3. The summed E-state index contributed by atoms with van der Waals surface area (Å²) in [6.45, 7) is 4.08. The third kappa shape index (κ3) is 1.47. The van der Waals surface area contributed by atoms with Crippen LogP contribution in [0.2, 0.25) is 0 Å². The largest absolute Gasteiger partial charge is 0.489 e. The lowest BCUT2D eigenvalue weighted by atomic mass is 10.2. The van der Waals surface area contributed by atoms with Gasteiger partial charge in [0.2, 0.25) is 0 Å². The zero-order valence-electron chi connectivity index (χ0n) is 8.24. The Labute approximate surface area is 82.6 Å². The van der Waals surface area contributed by atoms with Crippen LogP contribution in [-0.2, 0) is 14.3 Å². The van der Waals surface area contributed by atoms with E-state index in [1.807, 2.05) is 13.0 Å². The Morgan fingerprint density at radius 2 is 2.43 bits per heavy atom. The molecule has 4 heteroatoms. The lowest BCUT2D eigenvalue weighted by Crippen LogP contribution is -2.29. The summed E-state index contributed by atoms with van der Waals surface area (Å²) in [6.07, 6.45) is 3.69. The van der Waals surface area contributed by atoms with Crippen molar-refractivity contribution in [1.82, 2.24) is 5.32 Å². The highest BCUT2D eigenvalue weighted by atomic mass is 16.5. The second-order valence-electron chi connectivity index (χ2n) is 3.33. The molecule has 0 unspecified atom stereocenters. The molecular weight excluding hydrogens is 182 g/mol. The van der Waals surface area contributed by atoms with Crippen LogP contribution in [0.25, 0.3) is 0 Å². The highest BCUT2D eigenvalue weighted by Gasteiger charge is 2.34. The molecule has 0 aromatic rings. The van der Waals surface area contributed by atoms with Gasteiger partial charge in [-0.25, -0.2) is 4.79 Å². The van der Waals surface area contributed by atoms with Gasteiger partial charge in [0, 0.05) is 0 Å². The molecule has 76 valence electrons. The fraction of sp³-hybridized carbons (Fsp3) is 0.500. The zero-order valence-corrected chi connectivity index (χ0v) is 8.24. The number of carbonyl (C=O) groups excluding carboxylic acids is 1. The van der Waals surface area contributed by atoms with Crippen molar-refractivity contribution in [1.29, 1.82) is 0 Å². The highest BCUT2D eigenvalue weighted by molar-refractivity contribution is 5.88. The molecule has 0 aromatic heterocycles. The quantitative estimate of drug-likeness (QED) is 0.659. The van der Waals surface area contributed by atoms with Crippen molar-refractivity contribution in [3.8, 4) is 0 Å². The van der Waals surface area contributed by atoms with Gasteiger partial charge in [0.05, 0.1) is 18.4 Å². The molecule has 0 spiro atoms. The Balaban J connectivity index is 2.01. The Kier molecular flexibility index (Phi) is 2.19. The molecule has 0 saturated heterocycles.